The van der Waals surface area contributed by atoms with Crippen molar-refractivity contribution in [3.8, 4) is 28.4 Å². The first-order valence-electron chi connectivity index (χ1n) is 25.7. The van der Waals surface area contributed by atoms with Crippen LogP contribution in [0.4, 0.5) is 19.3 Å². The van der Waals surface area contributed by atoms with Gasteiger partial charge in [-0.05, 0) is 125 Å². The predicted octanol–water partition coefficient (Wildman–Crippen LogP) is 9.00. The van der Waals surface area contributed by atoms with Crippen LogP contribution in [0.25, 0.3) is 11.1 Å². The van der Waals surface area contributed by atoms with Crippen LogP contribution in [0.1, 0.15) is 115 Å². The van der Waals surface area contributed by atoms with Gasteiger partial charge in [0.1, 0.15) is 23.1 Å². The molecule has 388 valence electrons. The highest BCUT2D eigenvalue weighted by molar-refractivity contribution is 6.34. The van der Waals surface area contributed by atoms with Crippen LogP contribution in [0.2, 0.25) is 5.02 Å². The lowest BCUT2D eigenvalue weighted by atomic mass is 9.76. The number of nitrogens with two attached hydrogens (primary N) is 1. The molecule has 17 heteroatoms. The molecule has 4 fully saturated rings. The van der Waals surface area contributed by atoms with E-state index in [0.29, 0.717) is 66.2 Å². The lowest BCUT2D eigenvalue weighted by Crippen LogP contribution is -2.49. The van der Waals surface area contributed by atoms with E-state index in [1.165, 1.54) is 37.3 Å². The number of ether oxygens (including phenoxy) is 3. The van der Waals surface area contributed by atoms with Crippen LogP contribution in [0.3, 0.4) is 0 Å². The summed E-state index contributed by atoms with van der Waals surface area (Å²) in [6, 6.07) is 18.2. The van der Waals surface area contributed by atoms with E-state index in [-0.39, 0.29) is 70.0 Å². The molecule has 3 saturated heterocycles. The molecule has 1 saturated carbocycles. The van der Waals surface area contributed by atoms with Gasteiger partial charge in [-0.15, -0.1) is 0 Å². The molecule has 0 unspecified atom stereocenters. The number of amides is 5. The largest absolute Gasteiger partial charge is 0.495 e. The molecule has 5 amide bonds. The topological polar surface area (TPSA) is 173 Å². The summed E-state index contributed by atoms with van der Waals surface area (Å²) in [5.74, 6) is -1.55. The van der Waals surface area contributed by atoms with Crippen molar-refractivity contribution in [1.82, 2.24) is 20.4 Å². The van der Waals surface area contributed by atoms with Gasteiger partial charge in [0, 0.05) is 85.2 Å². The zero-order chi connectivity index (χ0) is 51.6. The number of hydrogen-bond donors (Lipinski definition) is 3. The van der Waals surface area contributed by atoms with Gasteiger partial charge in [-0.1, -0.05) is 48.9 Å². The first kappa shape index (κ1) is 51.8. The quantitative estimate of drug-likeness (QED) is 0.0984. The van der Waals surface area contributed by atoms with Crippen molar-refractivity contribution in [3.05, 3.63) is 106 Å². The number of carbonyl (C=O) groups is 5. The second-order valence-corrected chi connectivity index (χ2v) is 20.7. The number of ketones is 1. The van der Waals surface area contributed by atoms with Crippen molar-refractivity contribution in [2.75, 3.05) is 64.9 Å². The predicted molar refractivity (Wildman–Crippen MR) is 273 cm³/mol. The number of nitrogens with zero attached hydrogens (tertiary/aromatic N) is 3. The number of urea groups is 1. The van der Waals surface area contributed by atoms with E-state index >= 15 is 8.78 Å². The highest BCUT2D eigenvalue weighted by atomic mass is 35.5. The minimum absolute atomic E-state index is 0.00426. The van der Waals surface area contributed by atoms with E-state index in [9.17, 15) is 24.0 Å². The summed E-state index contributed by atoms with van der Waals surface area (Å²) in [5.41, 5.74) is 6.48. The summed E-state index contributed by atoms with van der Waals surface area (Å²) in [5, 5.41) is 5.72. The number of fused-ring (bicyclic) bond motifs is 1. The number of benzene rings is 4. The summed E-state index contributed by atoms with van der Waals surface area (Å²) in [6.45, 7) is 6.74. The van der Waals surface area contributed by atoms with E-state index in [1.54, 1.807) is 18.2 Å². The Hall–Kier alpha value is -6.10. The minimum atomic E-state index is -1.07. The Kier molecular flexibility index (Phi) is 15.7. The fourth-order valence-electron chi connectivity index (χ4n) is 12.2. The Balaban J connectivity index is 0.738. The van der Waals surface area contributed by atoms with E-state index in [2.05, 4.69) is 15.5 Å². The van der Waals surface area contributed by atoms with Crippen molar-refractivity contribution in [2.24, 2.45) is 23.5 Å². The van der Waals surface area contributed by atoms with Gasteiger partial charge < -0.3 is 35.1 Å². The number of rotatable bonds is 16. The monoisotopic (exact) mass is 1020 g/mol. The molecule has 14 nitrogen and oxygen atoms in total. The molecule has 4 heterocycles. The summed E-state index contributed by atoms with van der Waals surface area (Å²) in [4.78, 5) is 70.1. The number of anilines is 1. The van der Waals surface area contributed by atoms with E-state index in [1.807, 2.05) is 42.2 Å². The summed E-state index contributed by atoms with van der Waals surface area (Å²) in [7, 11) is 2.81. The van der Waals surface area contributed by atoms with Crippen LogP contribution >= 0.6 is 11.6 Å². The number of carbonyl (C=O) groups excluding carboxylic acids is 5. The molecular weight excluding hydrogens is 958 g/mol. The number of hydrogen-bond acceptors (Lipinski definition) is 10. The van der Waals surface area contributed by atoms with Gasteiger partial charge in [-0.3, -0.25) is 29.4 Å². The maximum atomic E-state index is 16.2. The highest BCUT2D eigenvalue weighted by Gasteiger charge is 2.50. The van der Waals surface area contributed by atoms with Crippen LogP contribution in [0.15, 0.2) is 66.7 Å². The lowest BCUT2D eigenvalue weighted by molar-refractivity contribution is -0.124. The average molecular weight is 1020 g/mol. The second kappa shape index (κ2) is 22.2. The number of halogens is 3. The molecule has 4 N–H and O–H groups in total. The van der Waals surface area contributed by atoms with Gasteiger partial charge in [0.25, 0.3) is 5.91 Å². The van der Waals surface area contributed by atoms with Gasteiger partial charge in [-0.2, -0.15) is 0 Å². The smallest absolute Gasteiger partial charge is 0.328 e. The SMILES string of the molecule is COc1ccc(C(=O)N2CCC(C3CCN(CCCC(=O)C4CCC(NC[C@]5(c6ccccc6)Oc6cc(F)c(Cl)c(-c7c(C(N)=O)ccc(OC)c7F)c6[C@@H]5C)CC4)CC3)CC2)cc1N1CCC(=O)NC1=O. The average Bonchev–Trinajstić information content (AvgIpc) is 3.69. The number of likely N-dealkylation sites (tertiary alicyclic amines) is 2. The molecule has 1 aliphatic carbocycles. The Labute approximate surface area is 430 Å². The van der Waals surface area contributed by atoms with Crippen molar-refractivity contribution in [3.63, 3.8) is 0 Å². The van der Waals surface area contributed by atoms with Crippen LogP contribution in [-0.2, 0) is 15.2 Å². The standard InChI is InChI=1S/C56H65ClF2N6O8/c1-33-48-46(31-41(58)51(57)50(48)49-40(53(60)68)16-18-45(72-3)52(49)59)73-56(33,38-8-5-4-6-9-38)32-61-39-14-11-36(12-15-39)43(66)10-7-24-63-25-19-34(20-26-63)35-21-27-64(28-22-35)54(69)37-13-17-44(71-2)42(30-37)65-29-23-47(67)62-55(65)70/h4-6,8-9,13,16-18,30-31,33-36,39,61H,7,10-12,14-15,19-29,32H2,1-3H3,(H2,60,68)(H,62,67,70)/t33-,36?,39?,56-/m0/s1. The Bertz CT molecular complexity index is 2740. The molecule has 0 radical (unpaired) electrons. The number of methoxy groups -OCH3 is 2. The highest BCUT2D eigenvalue weighted by Crippen LogP contribution is 2.56. The van der Waals surface area contributed by atoms with E-state index < -0.39 is 35.1 Å². The number of Topliss-reactive ketones (excluding diaryl/α,β-unsaturated/α-hetero) is 1. The molecule has 2 atom stereocenters. The first-order valence-corrected chi connectivity index (χ1v) is 26.1. The molecule has 9 rings (SSSR count). The van der Waals surface area contributed by atoms with Gasteiger partial charge in [0.15, 0.2) is 17.2 Å². The van der Waals surface area contributed by atoms with Gasteiger partial charge >= 0.3 is 6.03 Å². The maximum Gasteiger partial charge on any atom is 0.328 e. The molecule has 0 bridgehead atoms. The third kappa shape index (κ3) is 10.5. The molecule has 4 aliphatic heterocycles. The molecule has 4 aromatic rings. The van der Waals surface area contributed by atoms with Gasteiger partial charge in [0.2, 0.25) is 11.8 Å². The van der Waals surface area contributed by atoms with Crippen LogP contribution in [0, 0.1) is 29.4 Å². The van der Waals surface area contributed by atoms with Crippen molar-refractivity contribution >= 4 is 46.8 Å². The van der Waals surface area contributed by atoms with Gasteiger partial charge in [0.05, 0.1) is 30.5 Å². The molecule has 73 heavy (non-hydrogen) atoms. The molecule has 0 aromatic heterocycles. The van der Waals surface area contributed by atoms with Crippen LogP contribution < -0.4 is 35.5 Å². The fourth-order valence-corrected chi connectivity index (χ4v) is 12.5. The zero-order valence-electron chi connectivity index (χ0n) is 41.8. The Morgan fingerprint density at radius 2 is 1.52 bits per heavy atom. The van der Waals surface area contributed by atoms with E-state index in [4.69, 9.17) is 31.5 Å². The maximum absolute atomic E-state index is 16.2. The third-order valence-corrected chi connectivity index (χ3v) is 16.7. The Morgan fingerprint density at radius 1 is 0.849 bits per heavy atom. The fraction of sp³-hybridized carbons (Fsp3) is 0.482. The molecular formula is C56H65ClF2N6O8. The Morgan fingerprint density at radius 3 is 2.18 bits per heavy atom. The lowest BCUT2D eigenvalue weighted by Gasteiger charge is -2.40. The van der Waals surface area contributed by atoms with Crippen molar-refractivity contribution in [2.45, 2.75) is 95.1 Å². The van der Waals surface area contributed by atoms with Crippen LogP contribution in [-0.4, -0.2) is 105 Å². The zero-order valence-corrected chi connectivity index (χ0v) is 42.5. The second-order valence-electron chi connectivity index (χ2n) is 20.4. The van der Waals surface area contributed by atoms with Crippen molar-refractivity contribution in [1.29, 1.82) is 0 Å². The van der Waals surface area contributed by atoms with Crippen molar-refractivity contribution < 1.29 is 47.0 Å². The van der Waals surface area contributed by atoms with E-state index in [0.717, 1.165) is 83.0 Å². The minimum Gasteiger partial charge on any atom is -0.495 e. The van der Waals surface area contributed by atoms with Crippen LogP contribution in [0.5, 0.6) is 17.2 Å². The normalized spacial score (nSPS) is 22.9. The first-order chi connectivity index (χ1) is 35.2. The number of nitrogens with one attached hydrogen (secondary N) is 2. The molecule has 4 aromatic carbocycles. The summed E-state index contributed by atoms with van der Waals surface area (Å²) >= 11 is 6.69. The summed E-state index contributed by atoms with van der Waals surface area (Å²) < 4.78 is 49.5. The number of imide groups is 1. The summed E-state index contributed by atoms with van der Waals surface area (Å²) in [6.07, 6.45) is 8.83. The third-order valence-electron chi connectivity index (χ3n) is 16.4. The number of piperidine rings is 2. The molecule has 0 spiro atoms. The number of primary amides is 1. The van der Waals surface area contributed by atoms with Gasteiger partial charge in [-0.25, -0.2) is 13.6 Å². The molecule has 5 aliphatic rings.